The summed E-state index contributed by atoms with van der Waals surface area (Å²) < 4.78 is 8.98. The summed E-state index contributed by atoms with van der Waals surface area (Å²) in [5, 5.41) is 4.51. The fourth-order valence-corrected chi connectivity index (χ4v) is 7.99. The largest absolute Gasteiger partial charge is 0.455 e. The molecule has 0 N–H and O–H groups in total. The van der Waals surface area contributed by atoms with E-state index in [0.717, 1.165) is 88.4 Å². The topological polar surface area (TPSA) is 56.7 Å². The van der Waals surface area contributed by atoms with Crippen molar-refractivity contribution in [2.45, 2.75) is 0 Å². The lowest BCUT2D eigenvalue weighted by Crippen LogP contribution is -2.00. The first kappa shape index (κ1) is 31.9. The van der Waals surface area contributed by atoms with Crippen LogP contribution in [0.2, 0.25) is 0 Å². The Hall–Kier alpha value is -7.63. The average Bonchev–Trinajstić information content (AvgIpc) is 3.83. The van der Waals surface area contributed by atoms with Crippen molar-refractivity contribution in [1.82, 2.24) is 19.5 Å². The summed E-state index contributed by atoms with van der Waals surface area (Å²) in [6, 6.07) is 67.5. The Balaban J connectivity index is 1.12. The fraction of sp³-hybridized carbons (Fsp3) is 0. The molecule has 8 aromatic carbocycles. The molecule has 3 heterocycles. The number of rotatable bonds is 6. The number of hydrogen-bond donors (Lipinski definition) is 0. The zero-order chi connectivity index (χ0) is 37.0. The van der Waals surface area contributed by atoms with E-state index < -0.39 is 0 Å². The number of nitrogens with zero attached hydrogens (tertiary/aromatic N) is 4. The standard InChI is InChI=1S/C51H32N4O/c1-4-15-33(16-5-1)38-30-39(36-21-14-22-37(29-36)51-53-49(34-17-6-2-7-18-34)52-50(54-51)35-19-8-3-9-20-35)32-40(31-38)55-44-25-12-10-24-43(44)47-45(55)28-27-42-41-23-11-13-26-46(41)56-48(42)47/h1-32H. The van der Waals surface area contributed by atoms with Gasteiger partial charge in [-0.25, -0.2) is 15.0 Å². The lowest BCUT2D eigenvalue weighted by molar-refractivity contribution is 0.673. The highest BCUT2D eigenvalue weighted by Gasteiger charge is 2.20. The molecule has 0 radical (unpaired) electrons. The van der Waals surface area contributed by atoms with Crippen molar-refractivity contribution in [3.8, 4) is 62.1 Å². The van der Waals surface area contributed by atoms with Gasteiger partial charge in [-0.15, -0.1) is 0 Å². The fourth-order valence-electron chi connectivity index (χ4n) is 7.99. The first-order valence-electron chi connectivity index (χ1n) is 18.8. The van der Waals surface area contributed by atoms with Crippen LogP contribution in [0.1, 0.15) is 0 Å². The minimum atomic E-state index is 0.622. The van der Waals surface area contributed by atoms with Gasteiger partial charge in [0.1, 0.15) is 11.2 Å². The normalized spacial score (nSPS) is 11.6. The average molecular weight is 717 g/mol. The third-order valence-electron chi connectivity index (χ3n) is 10.6. The second kappa shape index (κ2) is 13.0. The summed E-state index contributed by atoms with van der Waals surface area (Å²) in [6.07, 6.45) is 0. The molecular weight excluding hydrogens is 685 g/mol. The minimum Gasteiger partial charge on any atom is -0.455 e. The van der Waals surface area contributed by atoms with Gasteiger partial charge < -0.3 is 8.98 Å². The molecule has 0 bridgehead atoms. The first-order valence-corrected chi connectivity index (χ1v) is 18.8. The number of furan rings is 1. The van der Waals surface area contributed by atoms with Crippen LogP contribution in [0.25, 0.3) is 106 Å². The molecule has 0 spiro atoms. The highest BCUT2D eigenvalue weighted by Crippen LogP contribution is 2.42. The molecule has 0 unspecified atom stereocenters. The van der Waals surface area contributed by atoms with Gasteiger partial charge in [-0.05, 0) is 70.8 Å². The van der Waals surface area contributed by atoms with Gasteiger partial charge in [0.2, 0.25) is 0 Å². The maximum atomic E-state index is 6.61. The molecule has 11 rings (SSSR count). The maximum absolute atomic E-state index is 6.61. The highest BCUT2D eigenvalue weighted by atomic mass is 16.3. The molecule has 5 heteroatoms. The van der Waals surface area contributed by atoms with E-state index in [-0.39, 0.29) is 0 Å². The van der Waals surface area contributed by atoms with Crippen molar-refractivity contribution < 1.29 is 4.42 Å². The van der Waals surface area contributed by atoms with Crippen molar-refractivity contribution in [2.24, 2.45) is 0 Å². The van der Waals surface area contributed by atoms with Crippen LogP contribution in [0.5, 0.6) is 0 Å². The first-order chi connectivity index (χ1) is 27.7. The van der Waals surface area contributed by atoms with Crippen LogP contribution in [0.15, 0.2) is 199 Å². The van der Waals surface area contributed by atoms with E-state index in [1.165, 1.54) is 0 Å². The molecule has 5 nitrogen and oxygen atoms in total. The number of para-hydroxylation sites is 2. The molecule has 11 aromatic rings. The van der Waals surface area contributed by atoms with Crippen molar-refractivity contribution in [3.05, 3.63) is 194 Å². The summed E-state index contributed by atoms with van der Waals surface area (Å²) in [5.41, 5.74) is 12.3. The number of aromatic nitrogens is 4. The van der Waals surface area contributed by atoms with E-state index in [0.29, 0.717) is 17.5 Å². The molecule has 56 heavy (non-hydrogen) atoms. The second-order valence-corrected chi connectivity index (χ2v) is 14.0. The summed E-state index contributed by atoms with van der Waals surface area (Å²) in [5.74, 6) is 1.90. The van der Waals surface area contributed by atoms with Crippen LogP contribution in [-0.2, 0) is 0 Å². The smallest absolute Gasteiger partial charge is 0.164 e. The van der Waals surface area contributed by atoms with Crippen LogP contribution in [0.3, 0.4) is 0 Å². The molecule has 0 aliphatic carbocycles. The van der Waals surface area contributed by atoms with Crippen LogP contribution in [0, 0.1) is 0 Å². The Morgan fingerprint density at radius 3 is 1.55 bits per heavy atom. The third-order valence-corrected chi connectivity index (χ3v) is 10.6. The Bertz CT molecular complexity index is 3180. The maximum Gasteiger partial charge on any atom is 0.164 e. The summed E-state index contributed by atoms with van der Waals surface area (Å²) in [6.45, 7) is 0. The van der Waals surface area contributed by atoms with Crippen molar-refractivity contribution in [3.63, 3.8) is 0 Å². The van der Waals surface area contributed by atoms with Gasteiger partial charge in [-0.3, -0.25) is 0 Å². The molecule has 0 saturated heterocycles. The highest BCUT2D eigenvalue weighted by molar-refractivity contribution is 6.23. The van der Waals surface area contributed by atoms with E-state index in [4.69, 9.17) is 19.4 Å². The lowest BCUT2D eigenvalue weighted by Gasteiger charge is -2.15. The molecule has 0 atom stereocenters. The van der Waals surface area contributed by atoms with Crippen LogP contribution in [0.4, 0.5) is 0 Å². The minimum absolute atomic E-state index is 0.622. The van der Waals surface area contributed by atoms with Crippen molar-refractivity contribution >= 4 is 43.7 Å². The Labute approximate surface area is 322 Å². The molecule has 0 saturated carbocycles. The monoisotopic (exact) mass is 716 g/mol. The van der Waals surface area contributed by atoms with Gasteiger partial charge in [-0.2, -0.15) is 0 Å². The molecule has 0 aliphatic heterocycles. The number of benzene rings is 8. The molecule has 0 fully saturated rings. The van der Waals surface area contributed by atoms with E-state index in [9.17, 15) is 0 Å². The van der Waals surface area contributed by atoms with Crippen molar-refractivity contribution in [2.75, 3.05) is 0 Å². The predicted molar refractivity (Wildman–Crippen MR) is 229 cm³/mol. The van der Waals surface area contributed by atoms with Gasteiger partial charge in [0.05, 0.1) is 16.4 Å². The molecular formula is C51H32N4O. The molecule has 0 amide bonds. The Kier molecular flexibility index (Phi) is 7.42. The van der Waals surface area contributed by atoms with E-state index in [2.05, 4.69) is 126 Å². The quantitative estimate of drug-likeness (QED) is 0.172. The molecule has 262 valence electrons. The van der Waals surface area contributed by atoms with Gasteiger partial charge in [0, 0.05) is 38.5 Å². The van der Waals surface area contributed by atoms with Gasteiger partial charge in [0.15, 0.2) is 17.5 Å². The Morgan fingerprint density at radius 1 is 0.339 bits per heavy atom. The van der Waals surface area contributed by atoms with E-state index >= 15 is 0 Å². The summed E-state index contributed by atoms with van der Waals surface area (Å²) in [4.78, 5) is 15.0. The van der Waals surface area contributed by atoms with E-state index in [1.54, 1.807) is 0 Å². The summed E-state index contributed by atoms with van der Waals surface area (Å²) in [7, 11) is 0. The predicted octanol–water partition coefficient (Wildman–Crippen LogP) is 13.2. The second-order valence-electron chi connectivity index (χ2n) is 14.0. The number of hydrogen-bond acceptors (Lipinski definition) is 4. The van der Waals surface area contributed by atoms with Gasteiger partial charge in [-0.1, -0.05) is 146 Å². The van der Waals surface area contributed by atoms with Crippen LogP contribution >= 0.6 is 0 Å². The number of fused-ring (bicyclic) bond motifs is 7. The molecule has 3 aromatic heterocycles. The third kappa shape index (κ3) is 5.37. The van der Waals surface area contributed by atoms with Crippen molar-refractivity contribution in [1.29, 1.82) is 0 Å². The summed E-state index contributed by atoms with van der Waals surface area (Å²) >= 11 is 0. The van der Waals surface area contributed by atoms with E-state index in [1.807, 2.05) is 72.8 Å². The zero-order valence-electron chi connectivity index (χ0n) is 30.2. The van der Waals surface area contributed by atoms with Gasteiger partial charge in [0.25, 0.3) is 0 Å². The van der Waals surface area contributed by atoms with Crippen LogP contribution in [-0.4, -0.2) is 19.5 Å². The van der Waals surface area contributed by atoms with Crippen LogP contribution < -0.4 is 0 Å². The SMILES string of the molecule is c1ccc(-c2cc(-c3cccc(-c4nc(-c5ccccc5)nc(-c5ccccc5)n4)c3)cc(-n3c4ccccc4c4c5oc6ccccc6c5ccc43)c2)cc1. The molecule has 0 aliphatic rings. The Morgan fingerprint density at radius 2 is 0.857 bits per heavy atom. The zero-order valence-corrected chi connectivity index (χ0v) is 30.2. The van der Waals surface area contributed by atoms with Gasteiger partial charge >= 0.3 is 0 Å². The lowest BCUT2D eigenvalue weighted by atomic mass is 9.96.